The van der Waals surface area contributed by atoms with E-state index in [-0.39, 0.29) is 5.97 Å². The van der Waals surface area contributed by atoms with Crippen LogP contribution in [-0.2, 0) is 16.0 Å². The predicted octanol–water partition coefficient (Wildman–Crippen LogP) is 2.28. The fourth-order valence-corrected chi connectivity index (χ4v) is 1.50. The molecule has 0 amide bonds. The molecule has 0 unspecified atom stereocenters. The summed E-state index contributed by atoms with van der Waals surface area (Å²) in [6.07, 6.45) is 10.6. The monoisotopic (exact) mass is 254 g/mol. The van der Waals surface area contributed by atoms with E-state index in [0.29, 0.717) is 13.0 Å². The Hall–Kier alpha value is -2.49. The highest BCUT2D eigenvalue weighted by Gasteiger charge is 1.98. The minimum Gasteiger partial charge on any atom is -0.462 e. The summed E-state index contributed by atoms with van der Waals surface area (Å²) in [6.45, 7) is 0.352. The first-order valence-corrected chi connectivity index (χ1v) is 5.98. The minimum atomic E-state index is -0.347. The van der Waals surface area contributed by atoms with Crippen LogP contribution in [0.4, 0.5) is 0 Å². The van der Waals surface area contributed by atoms with Crippen molar-refractivity contribution in [2.45, 2.75) is 6.42 Å². The molecular formula is C15H14N2O2. The Kier molecular flexibility index (Phi) is 4.81. The van der Waals surface area contributed by atoms with Crippen molar-refractivity contribution in [1.82, 2.24) is 9.97 Å². The Morgan fingerprint density at radius 2 is 2.00 bits per heavy atom. The molecule has 0 aliphatic heterocycles. The Morgan fingerprint density at radius 3 is 2.74 bits per heavy atom. The zero-order valence-electron chi connectivity index (χ0n) is 10.4. The Labute approximate surface area is 111 Å². The normalized spacial score (nSPS) is 10.5. The van der Waals surface area contributed by atoms with Crippen LogP contribution in [-0.4, -0.2) is 22.5 Å². The van der Waals surface area contributed by atoms with Gasteiger partial charge in [-0.25, -0.2) is 4.79 Å². The number of nitrogens with zero attached hydrogens (tertiary/aromatic N) is 2. The van der Waals surface area contributed by atoms with Crippen LogP contribution >= 0.6 is 0 Å². The standard InChI is InChI=1S/C15H14N2O2/c18-15(4-3-13-5-9-16-10-6-13)19-11-7-14-2-1-8-17-12-14/h1-6,8-10,12H,7,11H2. The number of aromatic nitrogens is 2. The van der Waals surface area contributed by atoms with Gasteiger partial charge in [-0.2, -0.15) is 0 Å². The molecule has 2 rings (SSSR count). The molecule has 19 heavy (non-hydrogen) atoms. The van der Waals surface area contributed by atoms with E-state index in [4.69, 9.17) is 4.74 Å². The fraction of sp³-hybridized carbons (Fsp3) is 0.133. The van der Waals surface area contributed by atoms with Crippen molar-refractivity contribution in [2.75, 3.05) is 6.61 Å². The van der Waals surface area contributed by atoms with Crippen LogP contribution in [0.25, 0.3) is 6.08 Å². The molecule has 4 heteroatoms. The zero-order chi connectivity index (χ0) is 13.3. The van der Waals surface area contributed by atoms with Gasteiger partial charge in [0.2, 0.25) is 0 Å². The Balaban J connectivity index is 1.75. The van der Waals surface area contributed by atoms with Crippen LogP contribution in [0.5, 0.6) is 0 Å². The maximum Gasteiger partial charge on any atom is 0.330 e. The molecule has 4 nitrogen and oxygen atoms in total. The zero-order valence-corrected chi connectivity index (χ0v) is 10.4. The summed E-state index contributed by atoms with van der Waals surface area (Å²) >= 11 is 0. The van der Waals surface area contributed by atoms with Crippen LogP contribution in [0.2, 0.25) is 0 Å². The van der Waals surface area contributed by atoms with E-state index in [1.165, 1.54) is 6.08 Å². The molecule has 2 heterocycles. The van der Waals surface area contributed by atoms with Crippen molar-refractivity contribution in [1.29, 1.82) is 0 Å². The third-order valence-corrected chi connectivity index (χ3v) is 2.48. The van der Waals surface area contributed by atoms with Crippen molar-refractivity contribution in [3.8, 4) is 0 Å². The highest BCUT2D eigenvalue weighted by molar-refractivity contribution is 5.86. The largest absolute Gasteiger partial charge is 0.462 e. The number of hydrogen-bond acceptors (Lipinski definition) is 4. The molecule has 96 valence electrons. The molecule has 0 fully saturated rings. The minimum absolute atomic E-state index is 0.347. The molecule has 2 aromatic rings. The van der Waals surface area contributed by atoms with Crippen LogP contribution in [0.3, 0.4) is 0 Å². The number of ether oxygens (including phenoxy) is 1. The third kappa shape index (κ3) is 4.71. The van der Waals surface area contributed by atoms with Gasteiger partial charge in [0.15, 0.2) is 0 Å². The molecule has 0 aromatic carbocycles. The quantitative estimate of drug-likeness (QED) is 0.606. The Bertz CT molecular complexity index is 539. The second-order valence-corrected chi connectivity index (χ2v) is 3.89. The molecule has 2 aromatic heterocycles. The first-order valence-electron chi connectivity index (χ1n) is 5.98. The Morgan fingerprint density at radius 1 is 1.16 bits per heavy atom. The number of esters is 1. The summed E-state index contributed by atoms with van der Waals surface area (Å²) in [4.78, 5) is 19.4. The van der Waals surface area contributed by atoms with Crippen LogP contribution in [0.1, 0.15) is 11.1 Å². The SMILES string of the molecule is O=C(C=Cc1ccncc1)OCCc1cccnc1. The maximum atomic E-state index is 11.5. The fourth-order valence-electron chi connectivity index (χ4n) is 1.50. The maximum absolute atomic E-state index is 11.5. The van der Waals surface area contributed by atoms with Gasteiger partial charge in [-0.05, 0) is 35.4 Å². The smallest absolute Gasteiger partial charge is 0.330 e. The molecule has 0 atom stereocenters. The van der Waals surface area contributed by atoms with Gasteiger partial charge in [0.25, 0.3) is 0 Å². The molecule has 0 spiro atoms. The second kappa shape index (κ2) is 7.06. The topological polar surface area (TPSA) is 52.1 Å². The van der Waals surface area contributed by atoms with E-state index >= 15 is 0 Å². The van der Waals surface area contributed by atoms with Crippen molar-refractivity contribution in [3.63, 3.8) is 0 Å². The van der Waals surface area contributed by atoms with E-state index in [1.807, 2.05) is 24.3 Å². The van der Waals surface area contributed by atoms with E-state index in [2.05, 4.69) is 9.97 Å². The molecule has 0 bridgehead atoms. The van der Waals surface area contributed by atoms with E-state index < -0.39 is 0 Å². The number of carbonyl (C=O) groups is 1. The molecule has 0 aliphatic rings. The number of pyridine rings is 2. The van der Waals surface area contributed by atoms with Crippen molar-refractivity contribution in [2.24, 2.45) is 0 Å². The lowest BCUT2D eigenvalue weighted by molar-refractivity contribution is -0.137. The van der Waals surface area contributed by atoms with Crippen molar-refractivity contribution < 1.29 is 9.53 Å². The first-order chi connectivity index (χ1) is 9.34. The first kappa shape index (κ1) is 13.0. The summed E-state index contributed by atoms with van der Waals surface area (Å²) in [7, 11) is 0. The van der Waals surface area contributed by atoms with Gasteiger partial charge in [-0.15, -0.1) is 0 Å². The molecule has 0 saturated carbocycles. The summed E-state index contributed by atoms with van der Waals surface area (Å²) in [5.41, 5.74) is 1.97. The predicted molar refractivity (Wildman–Crippen MR) is 72.2 cm³/mol. The number of hydrogen-bond donors (Lipinski definition) is 0. The van der Waals surface area contributed by atoms with Gasteiger partial charge >= 0.3 is 5.97 Å². The highest BCUT2D eigenvalue weighted by atomic mass is 16.5. The van der Waals surface area contributed by atoms with E-state index in [1.54, 1.807) is 30.9 Å². The lowest BCUT2D eigenvalue weighted by Crippen LogP contribution is -2.04. The van der Waals surface area contributed by atoms with Crippen molar-refractivity contribution in [3.05, 3.63) is 66.3 Å². The van der Waals surface area contributed by atoms with E-state index in [0.717, 1.165) is 11.1 Å². The van der Waals surface area contributed by atoms with Gasteiger partial charge in [0.05, 0.1) is 6.61 Å². The van der Waals surface area contributed by atoms with Gasteiger partial charge in [-0.1, -0.05) is 6.07 Å². The number of carbonyl (C=O) groups excluding carboxylic acids is 1. The molecule has 0 saturated heterocycles. The highest BCUT2D eigenvalue weighted by Crippen LogP contribution is 2.00. The number of rotatable bonds is 5. The lowest BCUT2D eigenvalue weighted by Gasteiger charge is -2.01. The van der Waals surface area contributed by atoms with Crippen molar-refractivity contribution >= 4 is 12.0 Å². The van der Waals surface area contributed by atoms with Crippen LogP contribution in [0.15, 0.2) is 55.1 Å². The van der Waals surface area contributed by atoms with Crippen LogP contribution in [0, 0.1) is 0 Å². The average molecular weight is 254 g/mol. The van der Waals surface area contributed by atoms with E-state index in [9.17, 15) is 4.79 Å². The van der Waals surface area contributed by atoms with Gasteiger partial charge in [0.1, 0.15) is 0 Å². The summed E-state index contributed by atoms with van der Waals surface area (Å²) in [5, 5.41) is 0. The summed E-state index contributed by atoms with van der Waals surface area (Å²) in [6, 6.07) is 7.45. The second-order valence-electron chi connectivity index (χ2n) is 3.89. The third-order valence-electron chi connectivity index (χ3n) is 2.48. The molecule has 0 radical (unpaired) electrons. The summed E-state index contributed by atoms with van der Waals surface area (Å²) in [5.74, 6) is -0.347. The molecule has 0 aliphatic carbocycles. The van der Waals surface area contributed by atoms with Gasteiger partial charge < -0.3 is 4.74 Å². The van der Waals surface area contributed by atoms with Gasteiger partial charge in [0, 0.05) is 37.3 Å². The lowest BCUT2D eigenvalue weighted by atomic mass is 10.2. The molecular weight excluding hydrogens is 240 g/mol. The average Bonchev–Trinajstić information content (AvgIpc) is 2.47. The van der Waals surface area contributed by atoms with Gasteiger partial charge in [-0.3, -0.25) is 9.97 Å². The molecule has 0 N–H and O–H groups in total. The summed E-state index contributed by atoms with van der Waals surface area (Å²) < 4.78 is 5.10. The van der Waals surface area contributed by atoms with Crippen LogP contribution < -0.4 is 0 Å².